The summed E-state index contributed by atoms with van der Waals surface area (Å²) in [6.45, 7) is 0.475. The highest BCUT2D eigenvalue weighted by Crippen LogP contribution is 2.20. The number of nitrogens with two attached hydrogens (primary N) is 1. The molecule has 0 aliphatic carbocycles. The largest absolute Gasteiger partial charge is 0.370 e. The minimum atomic E-state index is -0.921. The summed E-state index contributed by atoms with van der Waals surface area (Å²) in [5.74, 6) is -1.92. The Hall–Kier alpha value is -3.31. The van der Waals surface area contributed by atoms with Crippen molar-refractivity contribution in [2.45, 2.75) is 62.7 Å². The Morgan fingerprint density at radius 2 is 2.06 bits per heavy atom. The van der Waals surface area contributed by atoms with Crippen molar-refractivity contribution >= 4 is 42.1 Å². The molecule has 0 aromatic carbocycles. The normalized spacial score (nSPS) is 25.4. The monoisotopic (exact) mass is 433 g/mol. The van der Waals surface area contributed by atoms with E-state index in [4.69, 9.17) is 5.73 Å². The quantitative estimate of drug-likeness (QED) is 0.316. The van der Waals surface area contributed by atoms with Gasteiger partial charge < -0.3 is 26.6 Å². The minimum absolute atomic E-state index is 0.0111. The van der Waals surface area contributed by atoms with E-state index in [1.165, 1.54) is 11.2 Å². The molecule has 3 aliphatic rings. The van der Waals surface area contributed by atoms with Gasteiger partial charge in [-0.3, -0.25) is 29.0 Å². The van der Waals surface area contributed by atoms with E-state index in [-0.39, 0.29) is 49.6 Å². The number of nitrogens with zero attached hydrogens (tertiary/aromatic N) is 3. The van der Waals surface area contributed by atoms with Gasteiger partial charge >= 0.3 is 0 Å². The van der Waals surface area contributed by atoms with Gasteiger partial charge in [0.15, 0.2) is 0 Å². The van der Waals surface area contributed by atoms with Crippen molar-refractivity contribution in [1.29, 1.82) is 0 Å². The zero-order valence-electron chi connectivity index (χ0n) is 17.1. The molecule has 12 heteroatoms. The molecule has 2 saturated heterocycles. The Bertz CT molecular complexity index is 799. The molecule has 4 atom stereocenters. The van der Waals surface area contributed by atoms with Crippen molar-refractivity contribution < 1.29 is 24.0 Å². The Balaban J connectivity index is 1.67. The standard InChI is InChI=1S/C19H27N7O5/c20-15(27)5-6-22-18(30)14-2-1-7-26(14)19(31)13(8-11-9-21-10-23-11)25-17(29)12-3-4-16(28)24-12/h9-14H,1-8H2,(H2,20,27)(H,22,30)(H,24,28)(H,25,29)/t11?,12-,13-,14-/m0/s1. The Morgan fingerprint density at radius 3 is 2.71 bits per heavy atom. The van der Waals surface area contributed by atoms with Crippen LogP contribution in [0.2, 0.25) is 0 Å². The van der Waals surface area contributed by atoms with Crippen LogP contribution in [0, 0.1) is 0 Å². The number of amides is 5. The summed E-state index contributed by atoms with van der Waals surface area (Å²) in [6.07, 6.45) is 4.92. The summed E-state index contributed by atoms with van der Waals surface area (Å²) in [5.41, 5.74) is 5.09. The third kappa shape index (κ3) is 5.86. The molecule has 168 valence electrons. The molecule has 1 unspecified atom stereocenters. The van der Waals surface area contributed by atoms with Gasteiger partial charge in [0.1, 0.15) is 24.5 Å². The summed E-state index contributed by atoms with van der Waals surface area (Å²) in [6, 6.07) is -2.66. The summed E-state index contributed by atoms with van der Waals surface area (Å²) < 4.78 is 0. The van der Waals surface area contributed by atoms with Crippen molar-refractivity contribution in [2.75, 3.05) is 13.1 Å². The maximum Gasteiger partial charge on any atom is 0.245 e. The summed E-state index contributed by atoms with van der Waals surface area (Å²) in [7, 11) is 0. The summed E-state index contributed by atoms with van der Waals surface area (Å²) in [4.78, 5) is 70.3. The van der Waals surface area contributed by atoms with Gasteiger partial charge in [0, 0.05) is 38.6 Å². The first-order valence-electron chi connectivity index (χ1n) is 10.4. The van der Waals surface area contributed by atoms with Gasteiger partial charge in [-0.2, -0.15) is 0 Å². The predicted octanol–water partition coefficient (Wildman–Crippen LogP) is -2.40. The third-order valence-electron chi connectivity index (χ3n) is 5.50. The topological polar surface area (TPSA) is 175 Å². The smallest absolute Gasteiger partial charge is 0.245 e. The third-order valence-corrected chi connectivity index (χ3v) is 5.50. The molecule has 0 saturated carbocycles. The van der Waals surface area contributed by atoms with Crippen molar-refractivity contribution in [2.24, 2.45) is 15.7 Å². The molecule has 3 heterocycles. The van der Waals surface area contributed by atoms with Crippen molar-refractivity contribution in [1.82, 2.24) is 20.9 Å². The molecule has 5 amide bonds. The second-order valence-corrected chi connectivity index (χ2v) is 7.78. The summed E-state index contributed by atoms with van der Waals surface area (Å²) >= 11 is 0. The fraction of sp³-hybridized carbons (Fsp3) is 0.632. The number of carbonyl (C=O) groups is 5. The van der Waals surface area contributed by atoms with Gasteiger partial charge in [-0.1, -0.05) is 0 Å². The van der Waals surface area contributed by atoms with Gasteiger partial charge in [-0.05, 0) is 19.3 Å². The van der Waals surface area contributed by atoms with Gasteiger partial charge in [0.25, 0.3) is 0 Å². The van der Waals surface area contributed by atoms with Crippen molar-refractivity contribution in [3.63, 3.8) is 0 Å². The molecule has 12 nitrogen and oxygen atoms in total. The number of aliphatic imine (C=N–C) groups is 2. The number of hydrogen-bond donors (Lipinski definition) is 4. The van der Waals surface area contributed by atoms with E-state index in [1.807, 2.05) is 0 Å². The summed E-state index contributed by atoms with van der Waals surface area (Å²) in [5, 5.41) is 7.94. The molecule has 0 radical (unpaired) electrons. The maximum absolute atomic E-state index is 13.3. The zero-order valence-corrected chi connectivity index (χ0v) is 17.1. The minimum Gasteiger partial charge on any atom is -0.370 e. The fourth-order valence-corrected chi connectivity index (χ4v) is 3.90. The van der Waals surface area contributed by atoms with E-state index in [0.717, 1.165) is 0 Å². The molecule has 0 aromatic heterocycles. The lowest BCUT2D eigenvalue weighted by molar-refractivity contribution is -0.141. The zero-order chi connectivity index (χ0) is 22.4. The SMILES string of the molecule is NC(=O)CCNC(=O)[C@@H]1CCCN1C(=O)[C@H](CC1C=NC=N1)NC(=O)[C@@H]1CCC(=O)N1. The van der Waals surface area contributed by atoms with Gasteiger partial charge in [-0.25, -0.2) is 4.99 Å². The van der Waals surface area contributed by atoms with Crippen LogP contribution in [0.4, 0.5) is 0 Å². The van der Waals surface area contributed by atoms with E-state index >= 15 is 0 Å². The van der Waals surface area contributed by atoms with Crippen molar-refractivity contribution in [3.8, 4) is 0 Å². The average molecular weight is 433 g/mol. The molecular formula is C19H27N7O5. The number of rotatable bonds is 9. The number of likely N-dealkylation sites (tertiary alicyclic amines) is 1. The van der Waals surface area contributed by atoms with Gasteiger partial charge in [0.2, 0.25) is 29.5 Å². The molecule has 0 bridgehead atoms. The lowest BCUT2D eigenvalue weighted by Crippen LogP contribution is -2.56. The van der Waals surface area contributed by atoms with Crippen LogP contribution in [0.5, 0.6) is 0 Å². The molecule has 3 rings (SSSR count). The highest BCUT2D eigenvalue weighted by Gasteiger charge is 2.39. The van der Waals surface area contributed by atoms with E-state index in [1.54, 1.807) is 6.21 Å². The van der Waals surface area contributed by atoms with Crippen LogP contribution < -0.4 is 21.7 Å². The molecule has 2 fully saturated rings. The van der Waals surface area contributed by atoms with Crippen LogP contribution in [-0.4, -0.2) is 84.2 Å². The van der Waals surface area contributed by atoms with E-state index in [2.05, 4.69) is 25.9 Å². The van der Waals surface area contributed by atoms with E-state index < -0.39 is 29.9 Å². The van der Waals surface area contributed by atoms with Crippen LogP contribution in [0.3, 0.4) is 0 Å². The first-order chi connectivity index (χ1) is 14.8. The van der Waals surface area contributed by atoms with Gasteiger partial charge in [-0.15, -0.1) is 0 Å². The van der Waals surface area contributed by atoms with Gasteiger partial charge in [0.05, 0.1) is 6.04 Å². The fourth-order valence-electron chi connectivity index (χ4n) is 3.90. The number of nitrogens with one attached hydrogen (secondary N) is 3. The highest BCUT2D eigenvalue weighted by atomic mass is 16.2. The Morgan fingerprint density at radius 1 is 1.26 bits per heavy atom. The lowest BCUT2D eigenvalue weighted by atomic mass is 10.0. The van der Waals surface area contributed by atoms with E-state index in [9.17, 15) is 24.0 Å². The maximum atomic E-state index is 13.3. The van der Waals surface area contributed by atoms with Crippen LogP contribution in [0.25, 0.3) is 0 Å². The van der Waals surface area contributed by atoms with Crippen molar-refractivity contribution in [3.05, 3.63) is 0 Å². The van der Waals surface area contributed by atoms with E-state index in [0.29, 0.717) is 25.8 Å². The molecule has 3 aliphatic heterocycles. The molecule has 0 spiro atoms. The molecule has 5 N–H and O–H groups in total. The average Bonchev–Trinajstić information content (AvgIpc) is 3.48. The lowest BCUT2D eigenvalue weighted by Gasteiger charge is -2.29. The Labute approximate surface area is 179 Å². The molecule has 0 aromatic rings. The van der Waals surface area contributed by atoms with Crippen LogP contribution >= 0.6 is 0 Å². The second-order valence-electron chi connectivity index (χ2n) is 7.78. The number of carbonyl (C=O) groups excluding carboxylic acids is 5. The Kier molecular flexibility index (Phi) is 7.32. The second kappa shape index (κ2) is 10.1. The predicted molar refractivity (Wildman–Crippen MR) is 110 cm³/mol. The highest BCUT2D eigenvalue weighted by molar-refractivity contribution is 5.96. The first kappa shape index (κ1) is 22.4. The number of primary amides is 1. The van der Waals surface area contributed by atoms with Crippen LogP contribution in [0.1, 0.15) is 38.5 Å². The van der Waals surface area contributed by atoms with Crippen LogP contribution in [0.15, 0.2) is 9.98 Å². The molecular weight excluding hydrogens is 406 g/mol. The number of hydrogen-bond acceptors (Lipinski definition) is 7. The first-order valence-corrected chi connectivity index (χ1v) is 10.4. The molecule has 31 heavy (non-hydrogen) atoms. The van der Waals surface area contributed by atoms with Crippen LogP contribution in [-0.2, 0) is 24.0 Å².